The molecule has 0 saturated carbocycles. The summed E-state index contributed by atoms with van der Waals surface area (Å²) in [5.74, 6) is 0. The molecule has 0 spiro atoms. The Morgan fingerprint density at radius 1 is 1.33 bits per heavy atom. The van der Waals surface area contributed by atoms with Gasteiger partial charge < -0.3 is 15.4 Å². The van der Waals surface area contributed by atoms with Gasteiger partial charge in [0.05, 0.1) is 12.2 Å². The van der Waals surface area contributed by atoms with Crippen molar-refractivity contribution in [2.24, 2.45) is 5.73 Å². The van der Waals surface area contributed by atoms with Crippen LogP contribution in [-0.2, 0) is 4.74 Å². The summed E-state index contributed by atoms with van der Waals surface area (Å²) in [4.78, 5) is 2.81. The number of nitrogens with two attached hydrogens (primary N) is 1. The number of halogens is 1. The predicted molar refractivity (Wildman–Crippen MR) is 80.1 cm³/mol. The zero-order chi connectivity index (χ0) is 12.7. The Balaban J connectivity index is 1.95. The second kappa shape index (κ2) is 4.79. The van der Waals surface area contributed by atoms with Gasteiger partial charge in [-0.2, -0.15) is 0 Å². The first-order chi connectivity index (χ1) is 8.63. The van der Waals surface area contributed by atoms with Gasteiger partial charge in [0, 0.05) is 28.8 Å². The van der Waals surface area contributed by atoms with Crippen molar-refractivity contribution in [2.75, 3.05) is 18.0 Å². The SMILES string of the molecule is NC(=S)c1ccc(Br)cc1N1CC2CCC(C1)O2. The van der Waals surface area contributed by atoms with E-state index in [2.05, 4.69) is 26.9 Å². The van der Waals surface area contributed by atoms with E-state index in [4.69, 9.17) is 22.7 Å². The summed E-state index contributed by atoms with van der Waals surface area (Å²) in [5, 5.41) is 0. The number of morpholine rings is 1. The largest absolute Gasteiger partial charge is 0.389 e. The quantitative estimate of drug-likeness (QED) is 0.847. The summed E-state index contributed by atoms with van der Waals surface area (Å²) < 4.78 is 6.91. The number of hydrogen-bond acceptors (Lipinski definition) is 3. The number of hydrogen-bond donors (Lipinski definition) is 1. The first kappa shape index (κ1) is 12.4. The zero-order valence-electron chi connectivity index (χ0n) is 9.93. The highest BCUT2D eigenvalue weighted by Crippen LogP contribution is 2.32. The zero-order valence-corrected chi connectivity index (χ0v) is 12.3. The summed E-state index contributed by atoms with van der Waals surface area (Å²) in [6.45, 7) is 1.87. The molecule has 2 fully saturated rings. The van der Waals surface area contributed by atoms with E-state index in [0.29, 0.717) is 17.2 Å². The Morgan fingerprint density at radius 3 is 2.61 bits per heavy atom. The molecular formula is C13H15BrN2OS. The van der Waals surface area contributed by atoms with E-state index in [1.165, 1.54) is 0 Å². The van der Waals surface area contributed by atoms with Crippen LogP contribution in [-0.4, -0.2) is 30.3 Å². The Morgan fingerprint density at radius 2 is 2.00 bits per heavy atom. The minimum absolute atomic E-state index is 0.363. The van der Waals surface area contributed by atoms with Crippen LogP contribution in [0.1, 0.15) is 18.4 Å². The van der Waals surface area contributed by atoms with E-state index in [9.17, 15) is 0 Å². The molecule has 0 radical (unpaired) electrons. The molecule has 3 nitrogen and oxygen atoms in total. The molecule has 0 aliphatic carbocycles. The third kappa shape index (κ3) is 2.27. The Hall–Kier alpha value is -0.650. The molecule has 96 valence electrons. The molecule has 2 heterocycles. The van der Waals surface area contributed by atoms with Crippen LogP contribution in [0, 0.1) is 0 Å². The highest BCUT2D eigenvalue weighted by Gasteiger charge is 2.34. The van der Waals surface area contributed by atoms with Crippen molar-refractivity contribution in [3.8, 4) is 0 Å². The fourth-order valence-electron chi connectivity index (χ4n) is 2.79. The van der Waals surface area contributed by atoms with Crippen LogP contribution < -0.4 is 10.6 Å². The number of fused-ring (bicyclic) bond motifs is 2. The van der Waals surface area contributed by atoms with Gasteiger partial charge in [-0.1, -0.05) is 28.1 Å². The van der Waals surface area contributed by atoms with Gasteiger partial charge in [-0.05, 0) is 31.0 Å². The van der Waals surface area contributed by atoms with Crippen molar-refractivity contribution in [1.29, 1.82) is 0 Å². The van der Waals surface area contributed by atoms with Crippen LogP contribution in [0.2, 0.25) is 0 Å². The van der Waals surface area contributed by atoms with Crippen molar-refractivity contribution in [2.45, 2.75) is 25.0 Å². The molecule has 2 aliphatic heterocycles. The predicted octanol–water partition coefficient (Wildman–Crippen LogP) is 2.45. The molecule has 5 heteroatoms. The van der Waals surface area contributed by atoms with Gasteiger partial charge >= 0.3 is 0 Å². The fourth-order valence-corrected chi connectivity index (χ4v) is 3.31. The molecule has 2 saturated heterocycles. The van der Waals surface area contributed by atoms with E-state index in [1.807, 2.05) is 12.1 Å². The molecule has 0 amide bonds. The maximum atomic E-state index is 5.86. The molecule has 1 aromatic rings. The maximum Gasteiger partial charge on any atom is 0.106 e. The van der Waals surface area contributed by atoms with E-state index in [1.54, 1.807) is 0 Å². The number of rotatable bonds is 2. The summed E-state index contributed by atoms with van der Waals surface area (Å²) in [6.07, 6.45) is 3.05. The summed E-state index contributed by atoms with van der Waals surface area (Å²) >= 11 is 8.66. The Labute approximate surface area is 120 Å². The number of thiocarbonyl (C=S) groups is 1. The number of anilines is 1. The molecular weight excluding hydrogens is 312 g/mol. The molecule has 2 atom stereocenters. The molecule has 1 aromatic carbocycles. The third-order valence-corrected chi connectivity index (χ3v) is 4.32. The van der Waals surface area contributed by atoms with Gasteiger partial charge in [0.1, 0.15) is 4.99 Å². The van der Waals surface area contributed by atoms with E-state index < -0.39 is 0 Å². The van der Waals surface area contributed by atoms with Crippen molar-refractivity contribution in [1.82, 2.24) is 0 Å². The molecule has 3 rings (SSSR count). The molecule has 2 aliphatic rings. The minimum atomic E-state index is 0.363. The van der Waals surface area contributed by atoms with Crippen molar-refractivity contribution >= 4 is 38.8 Å². The molecule has 0 aromatic heterocycles. The molecule has 2 bridgehead atoms. The summed E-state index contributed by atoms with van der Waals surface area (Å²) in [5.41, 5.74) is 7.89. The van der Waals surface area contributed by atoms with Crippen molar-refractivity contribution in [3.05, 3.63) is 28.2 Å². The van der Waals surface area contributed by atoms with Gasteiger partial charge in [-0.25, -0.2) is 0 Å². The second-order valence-corrected chi connectivity index (χ2v) is 6.24. The lowest BCUT2D eigenvalue weighted by molar-refractivity contribution is 0.0305. The van der Waals surface area contributed by atoms with Crippen LogP contribution in [0.3, 0.4) is 0 Å². The molecule has 2 N–H and O–H groups in total. The topological polar surface area (TPSA) is 38.5 Å². The van der Waals surface area contributed by atoms with Crippen LogP contribution in [0.5, 0.6) is 0 Å². The van der Waals surface area contributed by atoms with Gasteiger partial charge in [0.15, 0.2) is 0 Å². The number of nitrogens with zero attached hydrogens (tertiary/aromatic N) is 1. The average Bonchev–Trinajstić information content (AvgIpc) is 2.67. The van der Waals surface area contributed by atoms with Crippen LogP contribution >= 0.6 is 28.1 Å². The molecule has 18 heavy (non-hydrogen) atoms. The highest BCUT2D eigenvalue weighted by atomic mass is 79.9. The second-order valence-electron chi connectivity index (χ2n) is 4.89. The van der Waals surface area contributed by atoms with Gasteiger partial charge in [-0.3, -0.25) is 0 Å². The van der Waals surface area contributed by atoms with Crippen LogP contribution in [0.25, 0.3) is 0 Å². The lowest BCUT2D eigenvalue weighted by atomic mass is 10.1. The average molecular weight is 327 g/mol. The lowest BCUT2D eigenvalue weighted by Crippen LogP contribution is -2.43. The minimum Gasteiger partial charge on any atom is -0.389 e. The highest BCUT2D eigenvalue weighted by molar-refractivity contribution is 9.10. The summed E-state index contributed by atoms with van der Waals surface area (Å²) in [7, 11) is 0. The monoisotopic (exact) mass is 326 g/mol. The van der Waals surface area contributed by atoms with Crippen LogP contribution in [0.4, 0.5) is 5.69 Å². The normalized spacial score (nSPS) is 26.4. The Kier molecular flexibility index (Phi) is 3.30. The Bertz CT molecular complexity index is 482. The molecule has 2 unspecified atom stereocenters. The van der Waals surface area contributed by atoms with Gasteiger partial charge in [0.2, 0.25) is 0 Å². The standard InChI is InChI=1S/C13H15BrN2OS/c14-8-1-4-11(13(15)18)12(5-8)16-6-9-2-3-10(7-16)17-9/h1,4-5,9-10H,2-3,6-7H2,(H2,15,18). The fraction of sp³-hybridized carbons (Fsp3) is 0.462. The van der Waals surface area contributed by atoms with E-state index in [0.717, 1.165) is 41.7 Å². The van der Waals surface area contributed by atoms with Crippen molar-refractivity contribution < 1.29 is 4.74 Å². The van der Waals surface area contributed by atoms with Crippen molar-refractivity contribution in [3.63, 3.8) is 0 Å². The lowest BCUT2D eigenvalue weighted by Gasteiger charge is -2.35. The van der Waals surface area contributed by atoms with E-state index in [-0.39, 0.29) is 0 Å². The third-order valence-electron chi connectivity index (χ3n) is 3.61. The number of ether oxygens (including phenoxy) is 1. The number of benzene rings is 1. The van der Waals surface area contributed by atoms with Crippen LogP contribution in [0.15, 0.2) is 22.7 Å². The van der Waals surface area contributed by atoms with E-state index >= 15 is 0 Å². The van der Waals surface area contributed by atoms with Gasteiger partial charge in [-0.15, -0.1) is 0 Å². The smallest absolute Gasteiger partial charge is 0.106 e. The first-order valence-corrected chi connectivity index (χ1v) is 7.33. The van der Waals surface area contributed by atoms with Gasteiger partial charge in [0.25, 0.3) is 0 Å². The summed E-state index contributed by atoms with van der Waals surface area (Å²) in [6, 6.07) is 6.06. The first-order valence-electron chi connectivity index (χ1n) is 6.13. The maximum absolute atomic E-state index is 5.86.